The number of hydrogen-bond acceptors (Lipinski definition) is 3. The monoisotopic (exact) mass is 444 g/mol. The van der Waals surface area contributed by atoms with Crippen molar-refractivity contribution in [1.82, 2.24) is 0 Å². The molecule has 0 aliphatic heterocycles. The van der Waals surface area contributed by atoms with E-state index in [0.717, 1.165) is 17.7 Å². The van der Waals surface area contributed by atoms with Crippen LogP contribution < -0.4 is 15.4 Å². The maximum atomic E-state index is 12.5. The fourth-order valence-corrected chi connectivity index (χ4v) is 3.46. The van der Waals surface area contributed by atoms with Crippen molar-refractivity contribution in [1.29, 1.82) is 0 Å². The molecule has 0 unspecified atom stereocenters. The second kappa shape index (κ2) is 12.4. The van der Waals surface area contributed by atoms with Crippen LogP contribution in [0.3, 0.4) is 0 Å². The average molecular weight is 445 g/mol. The van der Waals surface area contributed by atoms with Gasteiger partial charge in [-0.05, 0) is 73.5 Å². The summed E-state index contributed by atoms with van der Waals surface area (Å²) in [4.78, 5) is 25.0. The molecule has 3 aromatic rings. The Morgan fingerprint density at radius 2 is 1.33 bits per heavy atom. The third kappa shape index (κ3) is 7.49. The molecule has 0 fully saturated rings. The number of amides is 2. The molecule has 0 aliphatic rings. The van der Waals surface area contributed by atoms with Crippen molar-refractivity contribution < 1.29 is 14.3 Å². The van der Waals surface area contributed by atoms with Gasteiger partial charge >= 0.3 is 0 Å². The summed E-state index contributed by atoms with van der Waals surface area (Å²) >= 11 is 0. The molecule has 3 aromatic carbocycles. The molecule has 0 aliphatic carbocycles. The lowest BCUT2D eigenvalue weighted by Gasteiger charge is -2.10. The van der Waals surface area contributed by atoms with Gasteiger partial charge in [0, 0.05) is 22.5 Å². The van der Waals surface area contributed by atoms with E-state index in [1.165, 1.54) is 25.7 Å². The maximum Gasteiger partial charge on any atom is 0.255 e. The van der Waals surface area contributed by atoms with E-state index in [9.17, 15) is 9.59 Å². The van der Waals surface area contributed by atoms with Crippen LogP contribution in [0.15, 0.2) is 72.8 Å². The summed E-state index contributed by atoms with van der Waals surface area (Å²) in [6, 6.07) is 21.7. The SMILES string of the molecule is CCCCCCCOc1ccc(C(=O)Nc2ccc(NC(=O)c3ccccc3C)cc2)cc1. The van der Waals surface area contributed by atoms with Gasteiger partial charge in [-0.25, -0.2) is 0 Å². The Kier molecular flexibility index (Phi) is 9.07. The number of carbonyl (C=O) groups is 2. The molecule has 172 valence electrons. The standard InChI is InChI=1S/C28H32N2O3/c1-3-4-5-6-9-20-33-25-18-12-22(13-19-25)27(31)29-23-14-16-24(17-15-23)30-28(32)26-11-8-7-10-21(26)2/h7-8,10-19H,3-6,9,20H2,1-2H3,(H,29,31)(H,30,32). The molecular formula is C28H32N2O3. The first-order valence-electron chi connectivity index (χ1n) is 11.6. The zero-order valence-electron chi connectivity index (χ0n) is 19.4. The number of ether oxygens (including phenoxy) is 1. The fraction of sp³-hybridized carbons (Fsp3) is 0.286. The van der Waals surface area contributed by atoms with E-state index in [0.29, 0.717) is 29.1 Å². The van der Waals surface area contributed by atoms with Crippen molar-refractivity contribution in [2.75, 3.05) is 17.2 Å². The lowest BCUT2D eigenvalue weighted by atomic mass is 10.1. The molecule has 5 heteroatoms. The minimum atomic E-state index is -0.196. The minimum absolute atomic E-state index is 0.159. The third-order valence-corrected chi connectivity index (χ3v) is 5.42. The van der Waals surface area contributed by atoms with Crippen molar-refractivity contribution >= 4 is 23.2 Å². The summed E-state index contributed by atoms with van der Waals surface area (Å²) in [5.74, 6) is 0.418. The first-order chi connectivity index (χ1) is 16.1. The van der Waals surface area contributed by atoms with Crippen LogP contribution >= 0.6 is 0 Å². The summed E-state index contributed by atoms with van der Waals surface area (Å²) in [6.07, 6.45) is 5.99. The zero-order valence-corrected chi connectivity index (χ0v) is 19.4. The van der Waals surface area contributed by atoms with E-state index < -0.39 is 0 Å². The molecule has 0 radical (unpaired) electrons. The summed E-state index contributed by atoms with van der Waals surface area (Å²) in [5, 5.41) is 5.76. The third-order valence-electron chi connectivity index (χ3n) is 5.42. The summed E-state index contributed by atoms with van der Waals surface area (Å²) < 4.78 is 5.76. The van der Waals surface area contributed by atoms with Gasteiger partial charge in [0.2, 0.25) is 0 Å². The van der Waals surface area contributed by atoms with Gasteiger partial charge in [0.15, 0.2) is 0 Å². The molecule has 0 aromatic heterocycles. The van der Waals surface area contributed by atoms with Crippen molar-refractivity contribution in [2.45, 2.75) is 46.0 Å². The van der Waals surface area contributed by atoms with Gasteiger partial charge in [0.25, 0.3) is 11.8 Å². The van der Waals surface area contributed by atoms with E-state index >= 15 is 0 Å². The smallest absolute Gasteiger partial charge is 0.255 e. The summed E-state index contributed by atoms with van der Waals surface area (Å²) in [5.41, 5.74) is 3.43. The molecule has 0 bridgehead atoms. The van der Waals surface area contributed by atoms with Crippen LogP contribution in [0.5, 0.6) is 5.75 Å². The normalized spacial score (nSPS) is 10.5. The van der Waals surface area contributed by atoms with Gasteiger partial charge < -0.3 is 15.4 Å². The van der Waals surface area contributed by atoms with Gasteiger partial charge in [0.1, 0.15) is 5.75 Å². The molecule has 0 spiro atoms. The Morgan fingerprint density at radius 1 is 0.727 bits per heavy atom. The van der Waals surface area contributed by atoms with Gasteiger partial charge in [-0.15, -0.1) is 0 Å². The van der Waals surface area contributed by atoms with E-state index in [2.05, 4.69) is 17.6 Å². The topological polar surface area (TPSA) is 67.4 Å². The Labute approximate surface area is 196 Å². The molecule has 2 N–H and O–H groups in total. The number of rotatable bonds is 11. The zero-order chi connectivity index (χ0) is 23.5. The Hall–Kier alpha value is -3.60. The largest absolute Gasteiger partial charge is 0.494 e. The number of carbonyl (C=O) groups excluding carboxylic acids is 2. The molecule has 3 rings (SSSR count). The van der Waals surface area contributed by atoms with Crippen LogP contribution in [0.4, 0.5) is 11.4 Å². The van der Waals surface area contributed by atoms with E-state index in [-0.39, 0.29) is 11.8 Å². The van der Waals surface area contributed by atoms with Crippen LogP contribution in [0, 0.1) is 6.92 Å². The van der Waals surface area contributed by atoms with Crippen LogP contribution in [0.2, 0.25) is 0 Å². The number of aryl methyl sites for hydroxylation is 1. The summed E-state index contributed by atoms with van der Waals surface area (Å²) in [7, 11) is 0. The maximum absolute atomic E-state index is 12.5. The average Bonchev–Trinajstić information content (AvgIpc) is 2.83. The Morgan fingerprint density at radius 3 is 1.97 bits per heavy atom. The molecule has 33 heavy (non-hydrogen) atoms. The van der Waals surface area contributed by atoms with Crippen molar-refractivity contribution in [3.05, 3.63) is 89.5 Å². The lowest BCUT2D eigenvalue weighted by Crippen LogP contribution is -2.14. The van der Waals surface area contributed by atoms with Crippen LogP contribution in [0.1, 0.15) is 65.3 Å². The molecule has 0 saturated heterocycles. The highest BCUT2D eigenvalue weighted by atomic mass is 16.5. The van der Waals surface area contributed by atoms with Gasteiger partial charge in [-0.2, -0.15) is 0 Å². The highest BCUT2D eigenvalue weighted by Crippen LogP contribution is 2.18. The summed E-state index contributed by atoms with van der Waals surface area (Å²) in [6.45, 7) is 4.80. The Bertz CT molecular complexity index is 1040. The molecule has 0 atom stereocenters. The number of nitrogens with one attached hydrogen (secondary N) is 2. The quantitative estimate of drug-likeness (QED) is 0.318. The molecule has 0 heterocycles. The first kappa shape index (κ1) is 24.1. The van der Waals surface area contributed by atoms with E-state index in [1.807, 2.05) is 37.3 Å². The predicted molar refractivity (Wildman–Crippen MR) is 134 cm³/mol. The van der Waals surface area contributed by atoms with Crippen molar-refractivity contribution in [3.8, 4) is 5.75 Å². The van der Waals surface area contributed by atoms with Crippen LogP contribution in [0.25, 0.3) is 0 Å². The van der Waals surface area contributed by atoms with E-state index in [1.54, 1.807) is 42.5 Å². The molecule has 5 nitrogen and oxygen atoms in total. The van der Waals surface area contributed by atoms with Gasteiger partial charge in [0.05, 0.1) is 6.61 Å². The fourth-order valence-electron chi connectivity index (χ4n) is 3.46. The molecule has 2 amide bonds. The second-order valence-electron chi connectivity index (χ2n) is 8.09. The Balaban J connectivity index is 1.48. The van der Waals surface area contributed by atoms with Gasteiger partial charge in [-0.1, -0.05) is 50.8 Å². The number of hydrogen-bond donors (Lipinski definition) is 2. The highest BCUT2D eigenvalue weighted by molar-refractivity contribution is 6.06. The van der Waals surface area contributed by atoms with E-state index in [4.69, 9.17) is 4.74 Å². The predicted octanol–water partition coefficient (Wildman–Crippen LogP) is 6.85. The number of anilines is 2. The minimum Gasteiger partial charge on any atom is -0.494 e. The number of benzene rings is 3. The first-order valence-corrected chi connectivity index (χ1v) is 11.6. The van der Waals surface area contributed by atoms with Crippen molar-refractivity contribution in [3.63, 3.8) is 0 Å². The molecule has 0 saturated carbocycles. The van der Waals surface area contributed by atoms with Crippen LogP contribution in [-0.4, -0.2) is 18.4 Å². The van der Waals surface area contributed by atoms with Crippen molar-refractivity contribution in [2.24, 2.45) is 0 Å². The van der Waals surface area contributed by atoms with Crippen LogP contribution in [-0.2, 0) is 0 Å². The second-order valence-corrected chi connectivity index (χ2v) is 8.09. The van der Waals surface area contributed by atoms with Gasteiger partial charge in [-0.3, -0.25) is 9.59 Å². The highest BCUT2D eigenvalue weighted by Gasteiger charge is 2.10. The lowest BCUT2D eigenvalue weighted by molar-refractivity contribution is 0.101. The molecular weight excluding hydrogens is 412 g/mol. The number of unbranched alkanes of at least 4 members (excludes halogenated alkanes) is 4.